The Bertz CT molecular complexity index is 386. The van der Waals surface area contributed by atoms with Crippen LogP contribution in [-0.4, -0.2) is 22.9 Å². The van der Waals surface area contributed by atoms with E-state index in [1.165, 1.54) is 6.92 Å². The van der Waals surface area contributed by atoms with Gasteiger partial charge < -0.3 is 16.4 Å². The van der Waals surface area contributed by atoms with Gasteiger partial charge in [-0.1, -0.05) is 36.4 Å². The second-order valence-corrected chi connectivity index (χ2v) is 3.76. The Balaban J connectivity index is 0. The topological polar surface area (TPSA) is 49.7 Å². The van der Waals surface area contributed by atoms with Gasteiger partial charge in [0.25, 0.3) is 0 Å². The second-order valence-electron chi connectivity index (χ2n) is 3.76. The molecule has 0 spiro atoms. The number of ether oxygens (including phenoxy) is 1. The number of aliphatic hydroxyl groups excluding tert-OH is 2. The van der Waals surface area contributed by atoms with Gasteiger partial charge in [-0.05, 0) is 31.2 Å². The number of para-hydroxylation sites is 2. The van der Waals surface area contributed by atoms with Gasteiger partial charge in [-0.25, -0.2) is 0 Å². The summed E-state index contributed by atoms with van der Waals surface area (Å²) in [5.74, 6) is 1.74. The second kappa shape index (κ2) is 11.6. The van der Waals surface area contributed by atoms with Gasteiger partial charge in [0.15, 0.2) is 0 Å². The maximum absolute atomic E-state index is 8.11. The first-order valence-electron chi connectivity index (χ1n) is 5.79. The first kappa shape index (κ1) is 18.8. The molecule has 0 aromatic heterocycles. The maximum atomic E-state index is 8.11. The van der Waals surface area contributed by atoms with Crippen LogP contribution in [0.15, 0.2) is 60.7 Å². The molecule has 0 amide bonds. The minimum Gasteiger partial charge on any atom is -1.00 e. The fraction of sp³-hybridized carbons (Fsp3) is 0.200. The zero-order valence-corrected chi connectivity index (χ0v) is 14.5. The van der Waals surface area contributed by atoms with E-state index >= 15 is 0 Å². The van der Waals surface area contributed by atoms with Gasteiger partial charge in [0.1, 0.15) is 11.5 Å². The van der Waals surface area contributed by atoms with Crippen LogP contribution in [0, 0.1) is 0 Å². The van der Waals surface area contributed by atoms with Gasteiger partial charge in [0, 0.05) is 0 Å². The normalized spacial score (nSPS) is 10.5. The summed E-state index contributed by atoms with van der Waals surface area (Å²) >= 11 is 0. The molecule has 2 aromatic rings. The van der Waals surface area contributed by atoms with Crippen molar-refractivity contribution in [2.24, 2.45) is 0 Å². The van der Waals surface area contributed by atoms with Crippen molar-refractivity contribution in [3.8, 4) is 11.5 Å². The van der Waals surface area contributed by atoms with Crippen LogP contribution in [0.1, 0.15) is 8.35 Å². The summed E-state index contributed by atoms with van der Waals surface area (Å²) < 4.78 is 5.58. The summed E-state index contributed by atoms with van der Waals surface area (Å²) in [5, 5.41) is 16.0. The van der Waals surface area contributed by atoms with Crippen molar-refractivity contribution in [3.63, 3.8) is 0 Å². The Hall–Kier alpha value is -0.204. The molecule has 0 fully saturated rings. The van der Waals surface area contributed by atoms with Crippen LogP contribution >= 0.6 is 0 Å². The minimum absolute atomic E-state index is 0. The summed E-state index contributed by atoms with van der Waals surface area (Å²) in [7, 11) is 0. The molecule has 0 saturated carbocycles. The van der Waals surface area contributed by atoms with Crippen LogP contribution < -0.4 is 56.1 Å². The Morgan fingerprint density at radius 3 is 1.53 bits per heavy atom. The van der Waals surface area contributed by atoms with E-state index < -0.39 is 6.10 Å². The van der Waals surface area contributed by atoms with Crippen molar-refractivity contribution in [2.75, 3.05) is 6.61 Å². The molecule has 0 radical (unpaired) electrons. The average Bonchev–Trinajstić information content (AvgIpc) is 2.42. The van der Waals surface area contributed by atoms with Crippen molar-refractivity contribution >= 4 is 0 Å². The molecule has 2 rings (SSSR count). The Labute approximate surface area is 158 Å². The summed E-state index contributed by atoms with van der Waals surface area (Å²) in [4.78, 5) is 0. The summed E-state index contributed by atoms with van der Waals surface area (Å²) in [6.07, 6.45) is -0.560. The Kier molecular flexibility index (Phi) is 11.5. The van der Waals surface area contributed by atoms with Gasteiger partial charge in [0.2, 0.25) is 0 Å². The van der Waals surface area contributed by atoms with Crippen LogP contribution in [0.4, 0.5) is 0 Å². The van der Waals surface area contributed by atoms with Crippen LogP contribution in [0.5, 0.6) is 11.5 Å². The molecule has 1 unspecified atom stereocenters. The van der Waals surface area contributed by atoms with E-state index in [9.17, 15) is 0 Å². The summed E-state index contributed by atoms with van der Waals surface area (Å²) in [5.41, 5.74) is 0. The SMILES string of the molecule is CC(O)CO.[H-].[K+].c1ccc(Oc2ccccc2)cc1. The molecule has 0 heterocycles. The van der Waals surface area contributed by atoms with Crippen LogP contribution in [0.3, 0.4) is 0 Å². The zero-order valence-electron chi connectivity index (χ0n) is 12.4. The van der Waals surface area contributed by atoms with Crippen molar-refractivity contribution in [1.82, 2.24) is 0 Å². The Morgan fingerprint density at radius 2 is 1.26 bits per heavy atom. The van der Waals surface area contributed by atoms with E-state index in [-0.39, 0.29) is 59.4 Å². The fourth-order valence-corrected chi connectivity index (χ4v) is 1.11. The third-order valence-corrected chi connectivity index (χ3v) is 1.99. The van der Waals surface area contributed by atoms with Gasteiger partial charge in [-0.2, -0.15) is 0 Å². The van der Waals surface area contributed by atoms with Crippen molar-refractivity contribution < 1.29 is 67.8 Å². The fourth-order valence-electron chi connectivity index (χ4n) is 1.11. The molecule has 2 aromatic carbocycles. The number of rotatable bonds is 3. The number of benzene rings is 2. The van der Waals surface area contributed by atoms with Gasteiger partial charge in [-0.15, -0.1) is 0 Å². The van der Waals surface area contributed by atoms with Crippen LogP contribution in [-0.2, 0) is 0 Å². The third kappa shape index (κ3) is 9.35. The molecule has 0 aliphatic carbocycles. The van der Waals surface area contributed by atoms with Gasteiger partial charge in [-0.3, -0.25) is 0 Å². The van der Waals surface area contributed by atoms with E-state index in [1.807, 2.05) is 60.7 Å². The van der Waals surface area contributed by atoms with Crippen LogP contribution in [0.25, 0.3) is 0 Å². The predicted octanol–water partition coefficient (Wildman–Crippen LogP) is -0.0451. The third-order valence-electron chi connectivity index (χ3n) is 1.99. The first-order chi connectivity index (χ1) is 8.72. The molecule has 19 heavy (non-hydrogen) atoms. The Morgan fingerprint density at radius 1 is 0.947 bits per heavy atom. The van der Waals surface area contributed by atoms with Gasteiger partial charge in [0.05, 0.1) is 12.7 Å². The van der Waals surface area contributed by atoms with E-state index in [4.69, 9.17) is 14.9 Å². The number of aliphatic hydroxyl groups is 2. The molecule has 3 nitrogen and oxygen atoms in total. The first-order valence-corrected chi connectivity index (χ1v) is 5.79. The van der Waals surface area contributed by atoms with Gasteiger partial charge >= 0.3 is 51.4 Å². The molecular weight excluding hydrogens is 267 g/mol. The quantitative estimate of drug-likeness (QED) is 0.778. The molecule has 0 bridgehead atoms. The largest absolute Gasteiger partial charge is 1.00 e. The number of hydrogen-bond donors (Lipinski definition) is 2. The number of hydrogen-bond acceptors (Lipinski definition) is 3. The van der Waals surface area contributed by atoms with Crippen LogP contribution in [0.2, 0.25) is 0 Å². The molecular formula is C15H19KO3. The smallest absolute Gasteiger partial charge is 1.00 e. The summed E-state index contributed by atoms with van der Waals surface area (Å²) in [6, 6.07) is 19.5. The molecule has 0 saturated heterocycles. The predicted molar refractivity (Wildman–Crippen MR) is 72.8 cm³/mol. The van der Waals surface area contributed by atoms with E-state index in [2.05, 4.69) is 0 Å². The molecule has 4 heteroatoms. The molecule has 98 valence electrons. The zero-order chi connectivity index (χ0) is 13.2. The average molecular weight is 286 g/mol. The van der Waals surface area contributed by atoms with E-state index in [1.54, 1.807) is 0 Å². The molecule has 0 aliphatic heterocycles. The van der Waals surface area contributed by atoms with Crippen molar-refractivity contribution in [3.05, 3.63) is 60.7 Å². The van der Waals surface area contributed by atoms with E-state index in [0.717, 1.165) is 11.5 Å². The van der Waals surface area contributed by atoms with Crippen molar-refractivity contribution in [1.29, 1.82) is 0 Å². The standard InChI is InChI=1S/C12H10O.C3H8O2.K.H/c1-3-7-11(8-4-1)13-12-9-5-2-6-10-12;1-3(5)2-4;;/h1-10H;3-5H,2H2,1H3;;/q;;+1;-1. The van der Waals surface area contributed by atoms with Crippen molar-refractivity contribution in [2.45, 2.75) is 13.0 Å². The minimum atomic E-state index is -0.560. The molecule has 1 atom stereocenters. The maximum Gasteiger partial charge on any atom is 1.00 e. The molecule has 0 aliphatic rings. The molecule has 2 N–H and O–H groups in total. The summed E-state index contributed by atoms with van der Waals surface area (Å²) in [6.45, 7) is 1.39. The van der Waals surface area contributed by atoms with E-state index in [0.29, 0.717) is 0 Å². The monoisotopic (exact) mass is 286 g/mol.